The molecule has 0 rings (SSSR count). The Morgan fingerprint density at radius 3 is 2.55 bits per heavy atom. The first-order chi connectivity index (χ1) is 5.12. The lowest BCUT2D eigenvalue weighted by Gasteiger charge is -2.21. The molecule has 0 radical (unpaired) electrons. The van der Waals surface area contributed by atoms with Gasteiger partial charge in [-0.15, -0.1) is 6.58 Å². The van der Waals surface area contributed by atoms with Crippen molar-refractivity contribution in [2.75, 3.05) is 6.61 Å². The largest absolute Gasteiger partial charge is 0.414 e. The van der Waals surface area contributed by atoms with Crippen molar-refractivity contribution in [3.8, 4) is 0 Å². The minimum Gasteiger partial charge on any atom is -0.414 e. The third kappa shape index (κ3) is 6.32. The molecule has 0 saturated carbocycles. The zero-order valence-electron chi connectivity index (χ0n) is 8.02. The summed E-state index contributed by atoms with van der Waals surface area (Å²) in [6.07, 6.45) is 4.41. The molecular weight excluding hydrogens is 152 g/mol. The lowest BCUT2D eigenvalue weighted by molar-refractivity contribution is 0.350. The topological polar surface area (TPSA) is 9.23 Å². The van der Waals surface area contributed by atoms with E-state index in [-0.39, 0.29) is 0 Å². The van der Waals surface area contributed by atoms with Crippen molar-refractivity contribution in [3.05, 3.63) is 12.7 Å². The van der Waals surface area contributed by atoms with E-state index in [1.54, 1.807) is 0 Å². The van der Waals surface area contributed by atoms with Gasteiger partial charge in [0.25, 0.3) is 0 Å². The third-order valence-corrected chi connectivity index (χ3v) is 4.23. The number of rotatable bonds is 6. The first-order valence-electron chi connectivity index (χ1n) is 4.37. The van der Waals surface area contributed by atoms with E-state index in [4.69, 9.17) is 4.43 Å². The summed E-state index contributed by atoms with van der Waals surface area (Å²) in [4.78, 5) is 0. The Hall–Kier alpha value is -0.0831. The predicted octanol–water partition coefficient (Wildman–Crippen LogP) is 3.19. The summed E-state index contributed by atoms with van der Waals surface area (Å²) < 4.78 is 5.70. The SMILES string of the molecule is C=CCO[Si](C)(C)CCCC. The van der Waals surface area contributed by atoms with E-state index in [9.17, 15) is 0 Å². The van der Waals surface area contributed by atoms with Crippen LogP contribution in [-0.4, -0.2) is 14.9 Å². The van der Waals surface area contributed by atoms with Crippen LogP contribution in [0.1, 0.15) is 19.8 Å². The molecule has 2 heteroatoms. The molecule has 0 heterocycles. The van der Waals surface area contributed by atoms with Gasteiger partial charge in [0.05, 0.1) is 6.61 Å². The van der Waals surface area contributed by atoms with Crippen molar-refractivity contribution in [3.63, 3.8) is 0 Å². The van der Waals surface area contributed by atoms with Gasteiger partial charge in [0, 0.05) is 0 Å². The van der Waals surface area contributed by atoms with Gasteiger partial charge in [0.15, 0.2) is 8.32 Å². The minimum atomic E-state index is -1.32. The van der Waals surface area contributed by atoms with Crippen LogP contribution < -0.4 is 0 Å². The highest BCUT2D eigenvalue weighted by molar-refractivity contribution is 6.71. The third-order valence-electron chi connectivity index (χ3n) is 1.72. The van der Waals surface area contributed by atoms with Crippen molar-refractivity contribution < 1.29 is 4.43 Å². The molecule has 1 nitrogen and oxygen atoms in total. The van der Waals surface area contributed by atoms with Gasteiger partial charge in [-0.2, -0.15) is 0 Å². The van der Waals surface area contributed by atoms with Crippen LogP contribution in [0.2, 0.25) is 19.1 Å². The van der Waals surface area contributed by atoms with Crippen LogP contribution in [0, 0.1) is 0 Å². The molecule has 0 aliphatic carbocycles. The van der Waals surface area contributed by atoms with Crippen molar-refractivity contribution in [2.45, 2.75) is 38.9 Å². The average molecular weight is 172 g/mol. The van der Waals surface area contributed by atoms with E-state index in [1.807, 2.05) is 6.08 Å². The zero-order chi connectivity index (χ0) is 8.74. The molecule has 0 N–H and O–H groups in total. The standard InChI is InChI=1S/C9H20OSi/c1-5-7-9-11(3,4)10-8-6-2/h6H,2,5,7-9H2,1,3-4H3. The predicted molar refractivity (Wildman–Crippen MR) is 53.3 cm³/mol. The molecule has 0 saturated heterocycles. The van der Waals surface area contributed by atoms with Crippen LogP contribution in [0.4, 0.5) is 0 Å². The first-order valence-corrected chi connectivity index (χ1v) is 7.49. The smallest absolute Gasteiger partial charge is 0.187 e. The van der Waals surface area contributed by atoms with Crippen LogP contribution in [0.3, 0.4) is 0 Å². The van der Waals surface area contributed by atoms with E-state index < -0.39 is 8.32 Å². The molecular formula is C9H20OSi. The molecule has 0 spiro atoms. The van der Waals surface area contributed by atoms with E-state index in [0.29, 0.717) is 0 Å². The van der Waals surface area contributed by atoms with Crippen LogP contribution in [0.15, 0.2) is 12.7 Å². The van der Waals surface area contributed by atoms with Gasteiger partial charge in [0.1, 0.15) is 0 Å². The lowest BCUT2D eigenvalue weighted by Crippen LogP contribution is -2.29. The highest BCUT2D eigenvalue weighted by Gasteiger charge is 2.20. The highest BCUT2D eigenvalue weighted by atomic mass is 28.4. The molecule has 0 fully saturated rings. The molecule has 0 amide bonds. The summed E-state index contributed by atoms with van der Waals surface area (Å²) in [6, 6.07) is 1.28. The van der Waals surface area contributed by atoms with Crippen LogP contribution >= 0.6 is 0 Å². The normalized spacial score (nSPS) is 11.5. The Morgan fingerprint density at radius 2 is 2.09 bits per heavy atom. The van der Waals surface area contributed by atoms with E-state index in [0.717, 1.165) is 6.61 Å². The maximum Gasteiger partial charge on any atom is 0.187 e. The van der Waals surface area contributed by atoms with Gasteiger partial charge in [-0.25, -0.2) is 0 Å². The summed E-state index contributed by atoms with van der Waals surface area (Å²) >= 11 is 0. The quantitative estimate of drug-likeness (QED) is 0.441. The molecule has 0 atom stereocenters. The second-order valence-electron chi connectivity index (χ2n) is 3.46. The van der Waals surface area contributed by atoms with Gasteiger partial charge in [-0.05, 0) is 19.1 Å². The molecule has 0 aliphatic heterocycles. The van der Waals surface area contributed by atoms with Gasteiger partial charge >= 0.3 is 0 Å². The second kappa shape index (κ2) is 5.55. The first kappa shape index (κ1) is 10.9. The molecule has 0 bridgehead atoms. The van der Waals surface area contributed by atoms with Crippen molar-refractivity contribution >= 4 is 8.32 Å². The second-order valence-corrected chi connectivity index (χ2v) is 7.77. The van der Waals surface area contributed by atoms with Crippen molar-refractivity contribution in [2.24, 2.45) is 0 Å². The molecule has 0 unspecified atom stereocenters. The van der Waals surface area contributed by atoms with Crippen molar-refractivity contribution in [1.82, 2.24) is 0 Å². The zero-order valence-corrected chi connectivity index (χ0v) is 9.02. The Balaban J connectivity index is 3.51. The van der Waals surface area contributed by atoms with E-state index in [1.165, 1.54) is 18.9 Å². The van der Waals surface area contributed by atoms with Gasteiger partial charge in [-0.3, -0.25) is 0 Å². The minimum absolute atomic E-state index is 0.725. The fourth-order valence-electron chi connectivity index (χ4n) is 0.959. The van der Waals surface area contributed by atoms with E-state index >= 15 is 0 Å². The Morgan fingerprint density at radius 1 is 1.45 bits per heavy atom. The van der Waals surface area contributed by atoms with Crippen LogP contribution in [0.5, 0.6) is 0 Å². The fraction of sp³-hybridized carbons (Fsp3) is 0.778. The summed E-state index contributed by atoms with van der Waals surface area (Å²) in [5.41, 5.74) is 0. The Kier molecular flexibility index (Phi) is 5.51. The molecule has 66 valence electrons. The fourth-order valence-corrected chi connectivity index (χ4v) is 2.88. The average Bonchev–Trinajstić information content (AvgIpc) is 1.97. The van der Waals surface area contributed by atoms with Crippen LogP contribution in [-0.2, 0) is 4.43 Å². The molecule has 0 aromatic carbocycles. The van der Waals surface area contributed by atoms with Gasteiger partial charge < -0.3 is 4.43 Å². The Bertz CT molecular complexity index is 110. The summed E-state index contributed by atoms with van der Waals surface area (Å²) in [5.74, 6) is 0. The number of unbranched alkanes of at least 4 members (excludes halogenated alkanes) is 1. The summed E-state index contributed by atoms with van der Waals surface area (Å²) in [7, 11) is -1.32. The van der Waals surface area contributed by atoms with Gasteiger partial charge in [0.2, 0.25) is 0 Å². The van der Waals surface area contributed by atoms with Gasteiger partial charge in [-0.1, -0.05) is 25.8 Å². The summed E-state index contributed by atoms with van der Waals surface area (Å²) in [5, 5.41) is 0. The molecule has 0 aliphatic rings. The van der Waals surface area contributed by atoms with Crippen LogP contribution in [0.25, 0.3) is 0 Å². The van der Waals surface area contributed by atoms with Crippen molar-refractivity contribution in [1.29, 1.82) is 0 Å². The maximum atomic E-state index is 5.70. The Labute approximate surface area is 71.6 Å². The molecule has 0 aromatic heterocycles. The number of hydrogen-bond acceptors (Lipinski definition) is 1. The number of hydrogen-bond donors (Lipinski definition) is 0. The molecule has 11 heavy (non-hydrogen) atoms. The highest BCUT2D eigenvalue weighted by Crippen LogP contribution is 2.14. The molecule has 0 aromatic rings. The monoisotopic (exact) mass is 172 g/mol. The summed E-state index contributed by atoms with van der Waals surface area (Å²) in [6.45, 7) is 11.1. The lowest BCUT2D eigenvalue weighted by atomic mass is 10.4. The maximum absolute atomic E-state index is 5.70. The van der Waals surface area contributed by atoms with E-state index in [2.05, 4.69) is 26.6 Å².